The Labute approximate surface area is 166 Å². The van der Waals surface area contributed by atoms with Crippen LogP contribution in [0.25, 0.3) is 0 Å². The number of hydrogen-bond donors (Lipinski definition) is 0. The standard InChI is InChI=1S/C20H37NO5Si/c1-10-24-16(22)11-12-20(26-27(8)9)13-15(18(2,3)4)14-21(20)17(23)25-19(5,6)7/h11-12,15,27H,10,13-14H2,1-9H3/t15-,20-/m0/s1. The van der Waals surface area contributed by atoms with Crippen LogP contribution < -0.4 is 0 Å². The molecule has 1 fully saturated rings. The highest BCUT2D eigenvalue weighted by molar-refractivity contribution is 6.48. The predicted octanol–water partition coefficient (Wildman–Crippen LogP) is 4.11. The summed E-state index contributed by atoms with van der Waals surface area (Å²) in [7, 11) is -1.54. The molecule has 1 aliphatic heterocycles. The van der Waals surface area contributed by atoms with Crippen LogP contribution in [0.5, 0.6) is 0 Å². The minimum atomic E-state index is -1.54. The lowest BCUT2D eigenvalue weighted by atomic mass is 9.79. The molecule has 0 spiro atoms. The molecule has 1 amide bonds. The van der Waals surface area contributed by atoms with Gasteiger partial charge in [0.1, 0.15) is 5.60 Å². The molecule has 7 heteroatoms. The molecular weight excluding hydrogens is 362 g/mol. The Bertz CT molecular complexity index is 562. The van der Waals surface area contributed by atoms with Gasteiger partial charge >= 0.3 is 12.1 Å². The number of hydrogen-bond acceptors (Lipinski definition) is 5. The second kappa shape index (κ2) is 8.77. The summed E-state index contributed by atoms with van der Waals surface area (Å²) in [6, 6.07) is 0. The van der Waals surface area contributed by atoms with E-state index in [-0.39, 0.29) is 11.3 Å². The molecule has 0 unspecified atom stereocenters. The fourth-order valence-corrected chi connectivity index (χ4v) is 4.25. The number of amides is 1. The van der Waals surface area contributed by atoms with Crippen molar-refractivity contribution in [3.05, 3.63) is 12.2 Å². The Morgan fingerprint density at radius 3 is 2.22 bits per heavy atom. The summed E-state index contributed by atoms with van der Waals surface area (Å²) < 4.78 is 17.0. The van der Waals surface area contributed by atoms with Gasteiger partial charge in [0.2, 0.25) is 0 Å². The van der Waals surface area contributed by atoms with Crippen molar-refractivity contribution in [3.63, 3.8) is 0 Å². The molecule has 1 heterocycles. The van der Waals surface area contributed by atoms with Crippen molar-refractivity contribution in [1.82, 2.24) is 4.90 Å². The van der Waals surface area contributed by atoms with Gasteiger partial charge < -0.3 is 13.9 Å². The summed E-state index contributed by atoms with van der Waals surface area (Å²) >= 11 is 0. The van der Waals surface area contributed by atoms with Crippen molar-refractivity contribution in [2.24, 2.45) is 11.3 Å². The average Bonchev–Trinajstić information content (AvgIpc) is 2.83. The zero-order valence-corrected chi connectivity index (χ0v) is 19.6. The maximum absolute atomic E-state index is 13.0. The molecule has 0 aliphatic carbocycles. The zero-order chi connectivity index (χ0) is 21.0. The summed E-state index contributed by atoms with van der Waals surface area (Å²) in [4.78, 5) is 26.6. The van der Waals surface area contributed by atoms with E-state index in [1.165, 1.54) is 6.08 Å². The molecule has 0 aromatic heterocycles. The quantitative estimate of drug-likeness (QED) is 0.395. The second-order valence-electron chi connectivity index (χ2n) is 9.45. The summed E-state index contributed by atoms with van der Waals surface area (Å²) in [5, 5.41) is 0. The molecular formula is C20H37NO5Si. The molecule has 0 N–H and O–H groups in total. The van der Waals surface area contributed by atoms with Crippen LogP contribution in [0.2, 0.25) is 13.1 Å². The van der Waals surface area contributed by atoms with Crippen molar-refractivity contribution >= 4 is 21.1 Å². The SMILES string of the molecule is CCOC(=O)C=C[C@]1(O[SiH](C)C)C[C@H](C(C)(C)C)CN1C(=O)OC(C)(C)C. The monoisotopic (exact) mass is 399 g/mol. The Morgan fingerprint density at radius 2 is 1.78 bits per heavy atom. The number of likely N-dealkylation sites (tertiary alicyclic amines) is 1. The van der Waals surface area contributed by atoms with Gasteiger partial charge in [-0.15, -0.1) is 0 Å². The van der Waals surface area contributed by atoms with E-state index in [0.717, 1.165) is 0 Å². The fraction of sp³-hybridized carbons (Fsp3) is 0.800. The van der Waals surface area contributed by atoms with Crippen molar-refractivity contribution < 1.29 is 23.5 Å². The average molecular weight is 400 g/mol. The first-order valence-corrected chi connectivity index (χ1v) is 12.5. The number of carbonyl (C=O) groups is 2. The summed E-state index contributed by atoms with van der Waals surface area (Å²) in [6.07, 6.45) is 3.27. The minimum absolute atomic E-state index is 0.0122. The predicted molar refractivity (Wildman–Crippen MR) is 109 cm³/mol. The highest BCUT2D eigenvalue weighted by Crippen LogP contribution is 2.44. The van der Waals surface area contributed by atoms with E-state index in [1.54, 1.807) is 17.9 Å². The summed E-state index contributed by atoms with van der Waals surface area (Å²) in [5.74, 6) is -0.223. The molecule has 1 rings (SSSR count). The maximum Gasteiger partial charge on any atom is 0.412 e. The van der Waals surface area contributed by atoms with Crippen molar-refractivity contribution in [1.29, 1.82) is 0 Å². The van der Waals surface area contributed by atoms with Crippen LogP contribution in [0, 0.1) is 11.3 Å². The van der Waals surface area contributed by atoms with Gasteiger partial charge in [0.25, 0.3) is 0 Å². The van der Waals surface area contributed by atoms with Crippen LogP contribution >= 0.6 is 0 Å². The molecule has 1 saturated heterocycles. The third-order valence-corrected chi connectivity index (χ3v) is 5.32. The molecule has 0 saturated carbocycles. The van der Waals surface area contributed by atoms with Gasteiger partial charge in [0.15, 0.2) is 14.8 Å². The Hall–Kier alpha value is -1.34. The summed E-state index contributed by atoms with van der Waals surface area (Å²) in [5.41, 5.74) is -1.60. The van der Waals surface area contributed by atoms with Gasteiger partial charge in [-0.1, -0.05) is 20.8 Å². The lowest BCUT2D eigenvalue weighted by molar-refractivity contribution is -0.137. The van der Waals surface area contributed by atoms with E-state index in [1.807, 2.05) is 20.8 Å². The van der Waals surface area contributed by atoms with Crippen molar-refractivity contribution in [3.8, 4) is 0 Å². The Morgan fingerprint density at radius 1 is 1.19 bits per heavy atom. The first-order valence-electron chi connectivity index (χ1n) is 9.74. The maximum atomic E-state index is 13.0. The smallest absolute Gasteiger partial charge is 0.412 e. The van der Waals surface area contributed by atoms with Crippen LogP contribution in [-0.4, -0.2) is 50.5 Å². The van der Waals surface area contributed by atoms with Gasteiger partial charge in [-0.2, -0.15) is 0 Å². The number of nitrogens with zero attached hydrogens (tertiary/aromatic N) is 1. The van der Waals surface area contributed by atoms with Crippen molar-refractivity contribution in [2.75, 3.05) is 13.2 Å². The third-order valence-electron chi connectivity index (χ3n) is 4.44. The topological polar surface area (TPSA) is 65.1 Å². The van der Waals surface area contributed by atoms with Gasteiger partial charge in [0, 0.05) is 19.0 Å². The first-order chi connectivity index (χ1) is 12.2. The molecule has 2 atom stereocenters. The molecule has 1 aliphatic rings. The van der Waals surface area contributed by atoms with Crippen LogP contribution in [-0.2, 0) is 18.7 Å². The molecule has 6 nitrogen and oxygen atoms in total. The van der Waals surface area contributed by atoms with Gasteiger partial charge in [-0.05, 0) is 58.2 Å². The van der Waals surface area contributed by atoms with E-state index < -0.39 is 32.4 Å². The third kappa shape index (κ3) is 6.96. The van der Waals surface area contributed by atoms with Gasteiger partial charge in [0.05, 0.1) is 6.61 Å². The largest absolute Gasteiger partial charge is 0.463 e. The Kier molecular flexibility index (Phi) is 7.70. The normalized spacial score (nSPS) is 23.9. The number of ether oxygens (including phenoxy) is 2. The molecule has 27 heavy (non-hydrogen) atoms. The molecule has 0 radical (unpaired) electrons. The molecule has 0 aromatic carbocycles. The Balaban J connectivity index is 3.32. The summed E-state index contributed by atoms with van der Waals surface area (Å²) in [6.45, 7) is 18.7. The van der Waals surface area contributed by atoms with Crippen LogP contribution in [0.3, 0.4) is 0 Å². The van der Waals surface area contributed by atoms with E-state index in [2.05, 4.69) is 33.9 Å². The molecule has 0 bridgehead atoms. The number of esters is 1. The number of rotatable bonds is 5. The first kappa shape index (κ1) is 23.7. The lowest BCUT2D eigenvalue weighted by Gasteiger charge is -2.38. The lowest BCUT2D eigenvalue weighted by Crippen LogP contribution is -2.51. The van der Waals surface area contributed by atoms with E-state index >= 15 is 0 Å². The van der Waals surface area contributed by atoms with E-state index in [9.17, 15) is 9.59 Å². The van der Waals surface area contributed by atoms with Crippen LogP contribution in [0.1, 0.15) is 54.9 Å². The van der Waals surface area contributed by atoms with Crippen LogP contribution in [0.4, 0.5) is 4.79 Å². The molecule has 0 aromatic rings. The number of carbonyl (C=O) groups excluding carboxylic acids is 2. The minimum Gasteiger partial charge on any atom is -0.463 e. The van der Waals surface area contributed by atoms with Crippen molar-refractivity contribution in [2.45, 2.75) is 79.3 Å². The fourth-order valence-electron chi connectivity index (χ4n) is 3.13. The van der Waals surface area contributed by atoms with E-state index in [4.69, 9.17) is 13.9 Å². The van der Waals surface area contributed by atoms with Gasteiger partial charge in [-0.25, -0.2) is 9.59 Å². The van der Waals surface area contributed by atoms with Crippen LogP contribution in [0.15, 0.2) is 12.2 Å². The highest BCUT2D eigenvalue weighted by atomic mass is 28.3. The second-order valence-corrected chi connectivity index (χ2v) is 11.8. The highest BCUT2D eigenvalue weighted by Gasteiger charge is 2.52. The van der Waals surface area contributed by atoms with E-state index in [0.29, 0.717) is 19.6 Å². The zero-order valence-electron chi connectivity index (χ0n) is 18.4. The molecule has 156 valence electrons. The van der Waals surface area contributed by atoms with Gasteiger partial charge in [-0.3, -0.25) is 4.90 Å².